The summed E-state index contributed by atoms with van der Waals surface area (Å²) in [5.41, 5.74) is 1.74. The van der Waals surface area contributed by atoms with Gasteiger partial charge in [-0.25, -0.2) is 27.6 Å². The number of hydrogen-bond donors (Lipinski definition) is 4. The number of allylic oxidation sites excluding steroid dienone is 1. The van der Waals surface area contributed by atoms with E-state index in [2.05, 4.69) is 28.4 Å². The molecule has 5 unspecified atom stereocenters. The summed E-state index contributed by atoms with van der Waals surface area (Å²) in [6, 6.07) is 10.6. The molecule has 10 nitrogen and oxygen atoms in total. The minimum Gasteiger partial charge on any atom is -0.393 e. The molecular weight excluding hydrogens is 642 g/mol. The van der Waals surface area contributed by atoms with E-state index in [1.807, 2.05) is 17.8 Å². The molecular formula is C34H36FN5O5S2. The third kappa shape index (κ3) is 4.50. The molecule has 2 aromatic carbocycles. The van der Waals surface area contributed by atoms with Crippen LogP contribution in [-0.2, 0) is 21.2 Å². The minimum atomic E-state index is -3.90. The SMILES string of the molecule is CC12Cc3cnn(-c4ccc(F)cc4)c3C=C1CCC1C2[C@@H](O)CC2(C)C1CC[C@]2(O)C(=O)Nc1nc2ccc(S(N)(=O)=O)cc2s1. The fourth-order valence-electron chi connectivity index (χ4n) is 9.69. The Bertz CT molecular complexity index is 2090. The highest BCUT2D eigenvalue weighted by atomic mass is 32.2. The molecule has 4 aliphatic rings. The molecule has 7 atom stereocenters. The van der Waals surface area contributed by atoms with E-state index in [1.165, 1.54) is 35.9 Å². The first-order valence-electron chi connectivity index (χ1n) is 15.9. The average molecular weight is 678 g/mol. The van der Waals surface area contributed by atoms with Gasteiger partial charge in [-0.05, 0) is 116 Å². The summed E-state index contributed by atoms with van der Waals surface area (Å²) in [5, 5.41) is 37.1. The van der Waals surface area contributed by atoms with Gasteiger partial charge >= 0.3 is 0 Å². The lowest BCUT2D eigenvalue weighted by Gasteiger charge is -2.60. The molecule has 4 aliphatic carbocycles. The molecule has 4 aromatic rings. The van der Waals surface area contributed by atoms with E-state index < -0.39 is 33.1 Å². The molecule has 0 saturated heterocycles. The first-order chi connectivity index (χ1) is 22.2. The van der Waals surface area contributed by atoms with Gasteiger partial charge in [-0.2, -0.15) is 5.10 Å². The number of amides is 1. The number of nitrogens with two attached hydrogens (primary N) is 1. The van der Waals surface area contributed by atoms with E-state index in [9.17, 15) is 27.8 Å². The predicted octanol–water partition coefficient (Wildman–Crippen LogP) is 4.79. The molecule has 0 spiro atoms. The highest BCUT2D eigenvalue weighted by molar-refractivity contribution is 7.89. The Morgan fingerprint density at radius 1 is 1.17 bits per heavy atom. The first-order valence-corrected chi connectivity index (χ1v) is 18.3. The summed E-state index contributed by atoms with van der Waals surface area (Å²) in [7, 11) is -3.90. The number of aliphatic hydroxyl groups is 2. The number of benzene rings is 2. The van der Waals surface area contributed by atoms with Crippen molar-refractivity contribution >= 4 is 48.7 Å². The third-order valence-corrected chi connectivity index (χ3v) is 13.8. The predicted molar refractivity (Wildman–Crippen MR) is 176 cm³/mol. The number of anilines is 1. The Labute approximate surface area is 275 Å². The Kier molecular flexibility index (Phi) is 6.73. The van der Waals surface area contributed by atoms with Gasteiger partial charge in [-0.1, -0.05) is 30.8 Å². The molecule has 2 heterocycles. The second-order valence-corrected chi connectivity index (χ2v) is 16.9. The van der Waals surface area contributed by atoms with Gasteiger partial charge in [0.15, 0.2) is 5.13 Å². The van der Waals surface area contributed by atoms with Crippen LogP contribution < -0.4 is 10.5 Å². The maximum absolute atomic E-state index is 13.9. The van der Waals surface area contributed by atoms with Gasteiger partial charge in [-0.15, -0.1) is 0 Å². The van der Waals surface area contributed by atoms with Gasteiger partial charge < -0.3 is 10.2 Å². The van der Waals surface area contributed by atoms with E-state index in [-0.39, 0.29) is 51.9 Å². The summed E-state index contributed by atoms with van der Waals surface area (Å²) in [6.07, 6.45) is 6.94. The number of carbonyl (C=O) groups is 1. The van der Waals surface area contributed by atoms with Crippen molar-refractivity contribution in [2.75, 3.05) is 5.32 Å². The molecule has 1 amide bonds. The molecule has 8 rings (SSSR count). The molecule has 0 radical (unpaired) electrons. The van der Waals surface area contributed by atoms with Crippen LogP contribution in [0.15, 0.2) is 59.1 Å². The zero-order valence-corrected chi connectivity index (χ0v) is 27.6. The van der Waals surface area contributed by atoms with Crippen LogP contribution in [0.3, 0.4) is 0 Å². The number of sulfonamides is 1. The highest BCUT2D eigenvalue weighted by Gasteiger charge is 2.68. The van der Waals surface area contributed by atoms with Crippen molar-refractivity contribution in [2.45, 2.75) is 69.0 Å². The monoisotopic (exact) mass is 677 g/mol. The van der Waals surface area contributed by atoms with Crippen molar-refractivity contribution in [3.05, 3.63) is 71.3 Å². The lowest BCUT2D eigenvalue weighted by molar-refractivity contribution is -0.177. The lowest BCUT2D eigenvalue weighted by atomic mass is 9.45. The standard InChI is InChI=1S/C34H36FN5O5S2/c1-32-15-18-17-37-40(21-6-4-20(35)5-7-21)26(18)13-19(32)3-9-23-24-11-12-34(43,33(24,2)16-27(41)29(23)32)30(42)39-31-38-25-10-8-22(47(36,44)45)14-28(25)46-31/h4-8,10,13-14,17,23-24,27,29,41,43H,3,9,11-12,15-16H2,1-2H3,(H2,36,44,45)(H,38,39,42)/t23?,24?,27-,29?,32?,33?,34-/m0/s1. The number of aliphatic hydroxyl groups excluding tert-OH is 1. The van der Waals surface area contributed by atoms with Crippen molar-refractivity contribution in [1.29, 1.82) is 0 Å². The molecule has 0 bridgehead atoms. The topological polar surface area (TPSA) is 160 Å². The maximum Gasteiger partial charge on any atom is 0.258 e. The first kappa shape index (κ1) is 30.8. The quantitative estimate of drug-likeness (QED) is 0.242. The van der Waals surface area contributed by atoms with E-state index in [0.717, 1.165) is 41.1 Å². The Balaban J connectivity index is 1.06. The van der Waals surface area contributed by atoms with Gasteiger partial charge in [0.05, 0.1) is 38.8 Å². The van der Waals surface area contributed by atoms with Crippen LogP contribution >= 0.6 is 11.3 Å². The number of nitrogens with zero attached hydrogens (tertiary/aromatic N) is 3. The summed E-state index contributed by atoms with van der Waals surface area (Å²) in [6.45, 7) is 4.18. The van der Waals surface area contributed by atoms with E-state index in [1.54, 1.807) is 12.1 Å². The van der Waals surface area contributed by atoms with Crippen LogP contribution in [-0.4, -0.2) is 51.0 Å². The molecule has 5 N–H and O–H groups in total. The van der Waals surface area contributed by atoms with Crippen LogP contribution in [0.4, 0.5) is 9.52 Å². The van der Waals surface area contributed by atoms with Crippen molar-refractivity contribution in [1.82, 2.24) is 14.8 Å². The second kappa shape index (κ2) is 10.3. The number of nitrogens with one attached hydrogen (secondary N) is 1. The third-order valence-electron chi connectivity index (χ3n) is 11.9. The van der Waals surface area contributed by atoms with Crippen LogP contribution in [0.2, 0.25) is 0 Å². The molecule has 0 aliphatic heterocycles. The van der Waals surface area contributed by atoms with Crippen molar-refractivity contribution < 1.29 is 27.8 Å². The zero-order valence-electron chi connectivity index (χ0n) is 26.0. The van der Waals surface area contributed by atoms with Gasteiger partial charge in [0.25, 0.3) is 5.91 Å². The van der Waals surface area contributed by atoms with E-state index >= 15 is 0 Å². The Morgan fingerprint density at radius 2 is 1.94 bits per heavy atom. The maximum atomic E-state index is 13.9. The molecule has 246 valence electrons. The number of hydrogen-bond acceptors (Lipinski definition) is 8. The largest absolute Gasteiger partial charge is 0.393 e. The van der Waals surface area contributed by atoms with Crippen LogP contribution in [0, 0.1) is 34.4 Å². The number of halogens is 1. The minimum absolute atomic E-state index is 0.0287. The smallest absolute Gasteiger partial charge is 0.258 e. The number of primary sulfonamides is 1. The zero-order chi connectivity index (χ0) is 33.1. The van der Waals surface area contributed by atoms with Crippen LogP contribution in [0.25, 0.3) is 22.0 Å². The Morgan fingerprint density at radius 3 is 2.68 bits per heavy atom. The molecule has 47 heavy (non-hydrogen) atoms. The fraction of sp³-hybridized carbons (Fsp3) is 0.441. The summed E-state index contributed by atoms with van der Waals surface area (Å²) < 4.78 is 39.6. The van der Waals surface area contributed by atoms with Crippen molar-refractivity contribution in [3.8, 4) is 5.69 Å². The normalized spacial score (nSPS) is 33.0. The fourth-order valence-corrected chi connectivity index (χ4v) is 11.2. The van der Waals surface area contributed by atoms with Gasteiger partial charge in [-0.3, -0.25) is 10.1 Å². The van der Waals surface area contributed by atoms with Gasteiger partial charge in [0.2, 0.25) is 10.0 Å². The number of aromatic nitrogens is 3. The van der Waals surface area contributed by atoms with Crippen LogP contribution in [0.1, 0.15) is 57.2 Å². The Hall–Kier alpha value is -3.49. The molecule has 2 aromatic heterocycles. The highest BCUT2D eigenvalue weighted by Crippen LogP contribution is 2.67. The molecule has 3 fully saturated rings. The summed E-state index contributed by atoms with van der Waals surface area (Å²) in [4.78, 5) is 18.3. The molecule has 3 saturated carbocycles. The van der Waals surface area contributed by atoms with Gasteiger partial charge in [0, 0.05) is 5.41 Å². The van der Waals surface area contributed by atoms with E-state index in [0.29, 0.717) is 23.1 Å². The van der Waals surface area contributed by atoms with E-state index in [4.69, 9.17) is 5.14 Å². The number of thiazole rings is 1. The average Bonchev–Trinajstić information content (AvgIpc) is 3.68. The summed E-state index contributed by atoms with van der Waals surface area (Å²) >= 11 is 1.11. The summed E-state index contributed by atoms with van der Waals surface area (Å²) in [5.74, 6) is -0.768. The molecule has 13 heteroatoms. The second-order valence-electron chi connectivity index (χ2n) is 14.3. The van der Waals surface area contributed by atoms with Crippen molar-refractivity contribution in [2.24, 2.45) is 33.7 Å². The number of rotatable bonds is 4. The number of fused-ring (bicyclic) bond motifs is 7. The van der Waals surface area contributed by atoms with Crippen LogP contribution in [0.5, 0.6) is 0 Å². The van der Waals surface area contributed by atoms with Gasteiger partial charge in [0.1, 0.15) is 11.4 Å². The number of carbonyl (C=O) groups excluding carboxylic acids is 1. The van der Waals surface area contributed by atoms with Crippen molar-refractivity contribution in [3.63, 3.8) is 0 Å². The lowest BCUT2D eigenvalue weighted by Crippen LogP contribution is -2.62.